The van der Waals surface area contributed by atoms with Crippen molar-refractivity contribution in [2.75, 3.05) is 45.4 Å². The van der Waals surface area contributed by atoms with Crippen LogP contribution in [0.15, 0.2) is 18.2 Å². The molecule has 0 aliphatic heterocycles. The van der Waals surface area contributed by atoms with Crippen molar-refractivity contribution in [3.05, 3.63) is 29.3 Å². The zero-order chi connectivity index (χ0) is 14.1. The van der Waals surface area contributed by atoms with Crippen molar-refractivity contribution >= 4 is 12.0 Å². The average Bonchev–Trinajstić information content (AvgIpc) is 2.43. The first-order valence-corrected chi connectivity index (χ1v) is 6.51. The molecule has 0 saturated heterocycles. The summed E-state index contributed by atoms with van der Waals surface area (Å²) in [6, 6.07) is 5.77. The van der Waals surface area contributed by atoms with Gasteiger partial charge in [-0.05, 0) is 37.1 Å². The van der Waals surface area contributed by atoms with Gasteiger partial charge in [0.25, 0.3) is 0 Å². The fourth-order valence-electron chi connectivity index (χ4n) is 2.06. The molecule has 4 heteroatoms. The Hall–Kier alpha value is -1.39. The largest absolute Gasteiger partial charge is 0.385 e. The van der Waals surface area contributed by atoms with Crippen LogP contribution in [0.25, 0.3) is 0 Å². The number of methoxy groups -OCH3 is 2. The highest BCUT2D eigenvalue weighted by atomic mass is 16.5. The van der Waals surface area contributed by atoms with Gasteiger partial charge in [-0.3, -0.25) is 4.79 Å². The van der Waals surface area contributed by atoms with E-state index in [9.17, 15) is 4.79 Å². The molecule has 0 spiro atoms. The number of hydrogen-bond donors (Lipinski definition) is 0. The van der Waals surface area contributed by atoms with Crippen LogP contribution < -0.4 is 4.90 Å². The lowest BCUT2D eigenvalue weighted by Crippen LogP contribution is -2.29. The molecule has 0 fully saturated rings. The van der Waals surface area contributed by atoms with Gasteiger partial charge in [0.1, 0.15) is 6.29 Å². The number of aryl methyl sites for hydroxylation is 1. The van der Waals surface area contributed by atoms with E-state index in [1.807, 2.05) is 25.1 Å². The molecule has 0 heterocycles. The maximum absolute atomic E-state index is 10.8. The first-order valence-electron chi connectivity index (χ1n) is 6.51. The molecule has 0 saturated carbocycles. The average molecular weight is 265 g/mol. The first-order chi connectivity index (χ1) is 9.22. The Balaban J connectivity index is 2.79. The normalized spacial score (nSPS) is 10.5. The summed E-state index contributed by atoms with van der Waals surface area (Å²) >= 11 is 0. The van der Waals surface area contributed by atoms with Crippen molar-refractivity contribution in [3.8, 4) is 0 Å². The Morgan fingerprint density at radius 3 is 2.47 bits per heavy atom. The van der Waals surface area contributed by atoms with Crippen LogP contribution >= 0.6 is 0 Å². The standard InChI is InChI=1S/C15H23NO3/c1-13-11-14(12-17)5-6-15(13)16(8-10-19-3)7-4-9-18-2/h5-6,11-12H,4,7-10H2,1-3H3. The van der Waals surface area contributed by atoms with Gasteiger partial charge < -0.3 is 14.4 Å². The third kappa shape index (κ3) is 5.01. The van der Waals surface area contributed by atoms with Gasteiger partial charge in [-0.25, -0.2) is 0 Å². The molecule has 0 aromatic heterocycles. The van der Waals surface area contributed by atoms with Gasteiger partial charge in [0.2, 0.25) is 0 Å². The molecule has 1 aromatic rings. The van der Waals surface area contributed by atoms with Crippen LogP contribution in [-0.2, 0) is 9.47 Å². The van der Waals surface area contributed by atoms with Crippen LogP contribution in [0.3, 0.4) is 0 Å². The lowest BCUT2D eigenvalue weighted by molar-refractivity contribution is 0.112. The third-order valence-electron chi connectivity index (χ3n) is 3.04. The van der Waals surface area contributed by atoms with Crippen molar-refractivity contribution in [2.24, 2.45) is 0 Å². The van der Waals surface area contributed by atoms with Gasteiger partial charge in [0.05, 0.1) is 6.61 Å². The van der Waals surface area contributed by atoms with E-state index in [2.05, 4.69) is 4.90 Å². The van der Waals surface area contributed by atoms with Crippen LogP contribution in [0, 0.1) is 6.92 Å². The van der Waals surface area contributed by atoms with Gasteiger partial charge in [0, 0.05) is 45.2 Å². The van der Waals surface area contributed by atoms with E-state index >= 15 is 0 Å². The van der Waals surface area contributed by atoms with E-state index < -0.39 is 0 Å². The molecule has 0 radical (unpaired) electrons. The maximum Gasteiger partial charge on any atom is 0.150 e. The SMILES string of the molecule is COCCCN(CCOC)c1ccc(C=O)cc1C. The molecule has 0 N–H and O–H groups in total. The van der Waals surface area contributed by atoms with E-state index in [-0.39, 0.29) is 0 Å². The molecule has 0 unspecified atom stereocenters. The molecule has 106 valence electrons. The Bertz CT molecular complexity index is 393. The molecule has 0 amide bonds. The van der Waals surface area contributed by atoms with Crippen LogP contribution in [0.5, 0.6) is 0 Å². The molecule has 0 aliphatic rings. The molecular weight excluding hydrogens is 242 g/mol. The Morgan fingerprint density at radius 2 is 1.89 bits per heavy atom. The number of ether oxygens (including phenoxy) is 2. The molecule has 1 aromatic carbocycles. The fraction of sp³-hybridized carbons (Fsp3) is 0.533. The number of carbonyl (C=O) groups excluding carboxylic acids is 1. The van der Waals surface area contributed by atoms with E-state index in [1.165, 1.54) is 0 Å². The van der Waals surface area contributed by atoms with Crippen molar-refractivity contribution in [1.29, 1.82) is 0 Å². The Labute approximate surface area is 115 Å². The van der Waals surface area contributed by atoms with Crippen LogP contribution in [0.4, 0.5) is 5.69 Å². The van der Waals surface area contributed by atoms with Crippen molar-refractivity contribution in [1.82, 2.24) is 0 Å². The smallest absolute Gasteiger partial charge is 0.150 e. The van der Waals surface area contributed by atoms with Gasteiger partial charge in [-0.1, -0.05) is 0 Å². The third-order valence-corrected chi connectivity index (χ3v) is 3.04. The number of nitrogens with zero attached hydrogens (tertiary/aromatic N) is 1. The molecule has 4 nitrogen and oxygen atoms in total. The van der Waals surface area contributed by atoms with Gasteiger partial charge in [-0.2, -0.15) is 0 Å². The molecule has 1 rings (SSSR count). The lowest BCUT2D eigenvalue weighted by atomic mass is 10.1. The highest BCUT2D eigenvalue weighted by Gasteiger charge is 2.09. The summed E-state index contributed by atoms with van der Waals surface area (Å²) in [5, 5.41) is 0. The quantitative estimate of drug-likeness (QED) is 0.507. The Kier molecular flexibility index (Phi) is 7.15. The molecule has 19 heavy (non-hydrogen) atoms. The van der Waals surface area contributed by atoms with E-state index in [1.54, 1.807) is 14.2 Å². The molecule has 0 aliphatic carbocycles. The predicted octanol–water partition coefficient (Wildman–Crippen LogP) is 2.30. The summed E-state index contributed by atoms with van der Waals surface area (Å²) in [4.78, 5) is 13.0. The van der Waals surface area contributed by atoms with Crippen molar-refractivity contribution in [3.63, 3.8) is 0 Å². The monoisotopic (exact) mass is 265 g/mol. The minimum atomic E-state index is 0.682. The van der Waals surface area contributed by atoms with Crippen molar-refractivity contribution < 1.29 is 14.3 Å². The topological polar surface area (TPSA) is 38.8 Å². The second-order valence-corrected chi connectivity index (χ2v) is 4.49. The van der Waals surface area contributed by atoms with Gasteiger partial charge in [0.15, 0.2) is 0 Å². The summed E-state index contributed by atoms with van der Waals surface area (Å²) < 4.78 is 10.3. The van der Waals surface area contributed by atoms with E-state index in [0.717, 1.165) is 43.7 Å². The number of rotatable bonds is 9. The van der Waals surface area contributed by atoms with Gasteiger partial charge >= 0.3 is 0 Å². The zero-order valence-corrected chi connectivity index (χ0v) is 12.0. The molecule has 0 atom stereocenters. The lowest BCUT2D eigenvalue weighted by Gasteiger charge is -2.26. The van der Waals surface area contributed by atoms with E-state index in [4.69, 9.17) is 9.47 Å². The summed E-state index contributed by atoms with van der Waals surface area (Å²) in [7, 11) is 3.42. The number of anilines is 1. The maximum atomic E-state index is 10.8. The zero-order valence-electron chi connectivity index (χ0n) is 12.0. The number of carbonyl (C=O) groups is 1. The second kappa shape index (κ2) is 8.67. The highest BCUT2D eigenvalue weighted by Crippen LogP contribution is 2.21. The van der Waals surface area contributed by atoms with Crippen molar-refractivity contribution in [2.45, 2.75) is 13.3 Å². The number of benzene rings is 1. The molecular formula is C15H23NO3. The van der Waals surface area contributed by atoms with Crippen LogP contribution in [0.1, 0.15) is 22.3 Å². The minimum absolute atomic E-state index is 0.682. The number of aldehydes is 1. The Morgan fingerprint density at radius 1 is 1.16 bits per heavy atom. The fourth-order valence-corrected chi connectivity index (χ4v) is 2.06. The van der Waals surface area contributed by atoms with Crippen LogP contribution in [-0.4, -0.2) is 46.8 Å². The molecule has 0 bridgehead atoms. The van der Waals surface area contributed by atoms with Gasteiger partial charge in [-0.15, -0.1) is 0 Å². The first kappa shape index (κ1) is 15.7. The van der Waals surface area contributed by atoms with E-state index in [0.29, 0.717) is 12.2 Å². The summed E-state index contributed by atoms with van der Waals surface area (Å²) in [5.41, 5.74) is 2.97. The minimum Gasteiger partial charge on any atom is -0.385 e. The second-order valence-electron chi connectivity index (χ2n) is 4.49. The van der Waals surface area contributed by atoms with Crippen LogP contribution in [0.2, 0.25) is 0 Å². The summed E-state index contributed by atoms with van der Waals surface area (Å²) in [6.07, 6.45) is 1.84. The summed E-state index contributed by atoms with van der Waals surface area (Å²) in [6.45, 7) is 5.20. The number of hydrogen-bond acceptors (Lipinski definition) is 4. The summed E-state index contributed by atoms with van der Waals surface area (Å²) in [5.74, 6) is 0. The predicted molar refractivity (Wildman–Crippen MR) is 77.1 cm³/mol. The highest BCUT2D eigenvalue weighted by molar-refractivity contribution is 5.76.